The average Bonchev–Trinajstić information content (AvgIpc) is 2.47. The maximum absolute atomic E-state index is 12.8. The number of benzene rings is 2. The van der Waals surface area contributed by atoms with Crippen molar-refractivity contribution < 1.29 is 13.9 Å². The fraction of sp³-hybridized carbons (Fsp3) is 0.235. The number of carbonyl (C=O) groups is 1. The minimum Gasteiger partial charge on any atom is -0.484 e. The summed E-state index contributed by atoms with van der Waals surface area (Å²) < 4.78 is 18.2. The normalized spacial score (nSPS) is 11.8. The van der Waals surface area contributed by atoms with Gasteiger partial charge in [-0.3, -0.25) is 4.79 Å². The van der Waals surface area contributed by atoms with E-state index in [9.17, 15) is 9.18 Å². The second kappa shape index (κ2) is 6.88. The van der Waals surface area contributed by atoms with E-state index in [1.165, 1.54) is 12.1 Å². The van der Waals surface area contributed by atoms with Gasteiger partial charge in [0, 0.05) is 0 Å². The largest absolute Gasteiger partial charge is 0.484 e. The van der Waals surface area contributed by atoms with Crippen molar-refractivity contribution in [2.45, 2.75) is 19.9 Å². The van der Waals surface area contributed by atoms with Crippen LogP contribution < -0.4 is 10.1 Å². The summed E-state index contributed by atoms with van der Waals surface area (Å²) in [5, 5.41) is 2.81. The lowest BCUT2D eigenvalue weighted by Gasteiger charge is -2.14. The monoisotopic (exact) mass is 287 g/mol. The molecule has 0 bridgehead atoms. The van der Waals surface area contributed by atoms with Crippen LogP contribution in [0.15, 0.2) is 48.5 Å². The number of hydrogen-bond acceptors (Lipinski definition) is 2. The van der Waals surface area contributed by atoms with Crippen LogP contribution in [0, 0.1) is 12.7 Å². The first-order chi connectivity index (χ1) is 10.0. The molecule has 0 fully saturated rings. The highest BCUT2D eigenvalue weighted by atomic mass is 19.1. The van der Waals surface area contributed by atoms with Crippen molar-refractivity contribution in [3.8, 4) is 5.75 Å². The predicted octanol–water partition coefficient (Wildman–Crippen LogP) is 3.39. The van der Waals surface area contributed by atoms with Crippen LogP contribution in [0.3, 0.4) is 0 Å². The maximum Gasteiger partial charge on any atom is 0.258 e. The Balaban J connectivity index is 1.83. The Hall–Kier alpha value is -2.36. The van der Waals surface area contributed by atoms with Crippen LogP contribution in [0.4, 0.5) is 4.39 Å². The quantitative estimate of drug-likeness (QED) is 0.915. The lowest BCUT2D eigenvalue weighted by Crippen LogP contribution is -2.31. The molecule has 4 heteroatoms. The minimum atomic E-state index is -0.292. The zero-order valence-electron chi connectivity index (χ0n) is 12.1. The Morgan fingerprint density at radius 2 is 1.76 bits per heavy atom. The van der Waals surface area contributed by atoms with E-state index in [-0.39, 0.29) is 24.4 Å². The molecule has 0 aromatic heterocycles. The summed E-state index contributed by atoms with van der Waals surface area (Å²) in [6.07, 6.45) is 0. The number of nitrogens with one attached hydrogen (secondary N) is 1. The van der Waals surface area contributed by atoms with Gasteiger partial charge in [-0.25, -0.2) is 4.39 Å². The summed E-state index contributed by atoms with van der Waals surface area (Å²) in [5.41, 5.74) is 1.98. The molecule has 0 aliphatic carbocycles. The third-order valence-electron chi connectivity index (χ3n) is 3.14. The second-order valence-electron chi connectivity index (χ2n) is 4.94. The molecule has 1 atom stereocenters. The topological polar surface area (TPSA) is 38.3 Å². The van der Waals surface area contributed by atoms with E-state index in [1.807, 2.05) is 38.1 Å². The molecule has 0 saturated carbocycles. The number of halogens is 1. The Labute approximate surface area is 123 Å². The van der Waals surface area contributed by atoms with E-state index < -0.39 is 0 Å². The SMILES string of the molecule is Cc1ccc(OCC(=O)N[C@@H](C)c2ccc(F)cc2)cc1. The highest BCUT2D eigenvalue weighted by Gasteiger charge is 2.10. The van der Waals surface area contributed by atoms with Crippen molar-refractivity contribution in [3.05, 3.63) is 65.5 Å². The molecule has 0 heterocycles. The van der Waals surface area contributed by atoms with Gasteiger partial charge in [0.2, 0.25) is 0 Å². The van der Waals surface area contributed by atoms with Crippen molar-refractivity contribution >= 4 is 5.91 Å². The van der Waals surface area contributed by atoms with Crippen molar-refractivity contribution in [1.82, 2.24) is 5.32 Å². The molecule has 0 saturated heterocycles. The van der Waals surface area contributed by atoms with Gasteiger partial charge in [0.05, 0.1) is 6.04 Å². The molecular formula is C17H18FNO2. The smallest absolute Gasteiger partial charge is 0.258 e. The standard InChI is InChI=1S/C17H18FNO2/c1-12-3-9-16(10-4-12)21-11-17(20)19-13(2)14-5-7-15(18)8-6-14/h3-10,13H,11H2,1-2H3,(H,19,20)/t13-/m0/s1. The fourth-order valence-corrected chi connectivity index (χ4v) is 1.90. The fourth-order valence-electron chi connectivity index (χ4n) is 1.90. The summed E-state index contributed by atoms with van der Waals surface area (Å²) >= 11 is 0. The summed E-state index contributed by atoms with van der Waals surface area (Å²) in [7, 11) is 0. The molecule has 2 rings (SSSR count). The lowest BCUT2D eigenvalue weighted by molar-refractivity contribution is -0.123. The van der Waals surface area contributed by atoms with Crippen LogP contribution in [-0.4, -0.2) is 12.5 Å². The number of ether oxygens (including phenoxy) is 1. The van der Waals surface area contributed by atoms with Crippen LogP contribution in [0.5, 0.6) is 5.75 Å². The number of aryl methyl sites for hydroxylation is 1. The van der Waals surface area contributed by atoms with E-state index in [2.05, 4.69) is 5.32 Å². The first kappa shape index (κ1) is 15.0. The van der Waals surface area contributed by atoms with Gasteiger partial charge < -0.3 is 10.1 Å². The molecule has 110 valence electrons. The van der Waals surface area contributed by atoms with Gasteiger partial charge in [0.25, 0.3) is 5.91 Å². The predicted molar refractivity (Wildman–Crippen MR) is 79.6 cm³/mol. The summed E-state index contributed by atoms with van der Waals surface area (Å²) in [6, 6.07) is 13.4. The minimum absolute atomic E-state index is 0.0470. The van der Waals surface area contributed by atoms with E-state index in [0.717, 1.165) is 11.1 Å². The van der Waals surface area contributed by atoms with Crippen LogP contribution in [0.2, 0.25) is 0 Å². The van der Waals surface area contributed by atoms with E-state index >= 15 is 0 Å². The molecular weight excluding hydrogens is 269 g/mol. The average molecular weight is 287 g/mol. The van der Waals surface area contributed by atoms with Crippen molar-refractivity contribution in [2.75, 3.05) is 6.61 Å². The van der Waals surface area contributed by atoms with Gasteiger partial charge in [0.1, 0.15) is 11.6 Å². The van der Waals surface area contributed by atoms with Crippen molar-refractivity contribution in [2.24, 2.45) is 0 Å². The molecule has 2 aromatic rings. The zero-order valence-corrected chi connectivity index (χ0v) is 12.1. The van der Waals surface area contributed by atoms with Gasteiger partial charge >= 0.3 is 0 Å². The number of hydrogen-bond donors (Lipinski definition) is 1. The Morgan fingerprint density at radius 1 is 1.14 bits per heavy atom. The van der Waals surface area contributed by atoms with Gasteiger partial charge in [0.15, 0.2) is 6.61 Å². The highest BCUT2D eigenvalue weighted by molar-refractivity contribution is 5.78. The number of amides is 1. The Kier molecular flexibility index (Phi) is 4.93. The number of rotatable bonds is 5. The van der Waals surface area contributed by atoms with Crippen LogP contribution in [0.25, 0.3) is 0 Å². The van der Waals surface area contributed by atoms with Crippen molar-refractivity contribution in [1.29, 1.82) is 0 Å². The summed E-state index contributed by atoms with van der Waals surface area (Å²) in [4.78, 5) is 11.8. The second-order valence-corrected chi connectivity index (χ2v) is 4.94. The molecule has 1 N–H and O–H groups in total. The van der Waals surface area contributed by atoms with Crippen LogP contribution in [-0.2, 0) is 4.79 Å². The van der Waals surface area contributed by atoms with Gasteiger partial charge in [-0.05, 0) is 43.7 Å². The molecule has 0 spiro atoms. The summed E-state index contributed by atoms with van der Waals surface area (Å²) in [6.45, 7) is 3.78. The van der Waals surface area contributed by atoms with E-state index in [0.29, 0.717) is 5.75 Å². The first-order valence-electron chi connectivity index (χ1n) is 6.79. The Bertz CT molecular complexity index is 593. The Morgan fingerprint density at radius 3 is 2.38 bits per heavy atom. The molecule has 0 unspecified atom stereocenters. The van der Waals surface area contributed by atoms with E-state index in [4.69, 9.17) is 4.74 Å². The molecule has 1 amide bonds. The van der Waals surface area contributed by atoms with Crippen LogP contribution >= 0.6 is 0 Å². The molecule has 21 heavy (non-hydrogen) atoms. The lowest BCUT2D eigenvalue weighted by atomic mass is 10.1. The van der Waals surface area contributed by atoms with Crippen LogP contribution in [0.1, 0.15) is 24.1 Å². The summed E-state index contributed by atoms with van der Waals surface area (Å²) in [5.74, 6) is 0.151. The van der Waals surface area contributed by atoms with Gasteiger partial charge in [-0.2, -0.15) is 0 Å². The van der Waals surface area contributed by atoms with Gasteiger partial charge in [-0.1, -0.05) is 29.8 Å². The highest BCUT2D eigenvalue weighted by Crippen LogP contribution is 2.13. The van der Waals surface area contributed by atoms with Gasteiger partial charge in [-0.15, -0.1) is 0 Å². The third-order valence-corrected chi connectivity index (χ3v) is 3.14. The molecule has 0 aliphatic heterocycles. The maximum atomic E-state index is 12.8. The molecule has 2 aromatic carbocycles. The molecule has 3 nitrogen and oxygen atoms in total. The third kappa shape index (κ3) is 4.60. The zero-order chi connectivity index (χ0) is 15.2. The number of carbonyl (C=O) groups excluding carboxylic acids is 1. The first-order valence-corrected chi connectivity index (χ1v) is 6.79. The molecule has 0 aliphatic rings. The van der Waals surface area contributed by atoms with Crippen molar-refractivity contribution in [3.63, 3.8) is 0 Å². The molecule has 0 radical (unpaired) electrons. The van der Waals surface area contributed by atoms with E-state index in [1.54, 1.807) is 12.1 Å².